The van der Waals surface area contributed by atoms with Crippen LogP contribution in [0.5, 0.6) is 0 Å². The van der Waals surface area contributed by atoms with E-state index < -0.39 is 5.41 Å². The minimum Gasteiger partial charge on any atom is -0.310 e. The van der Waals surface area contributed by atoms with Crippen LogP contribution >= 0.6 is 11.3 Å². The Bertz CT molecular complexity index is 3750. The van der Waals surface area contributed by atoms with Gasteiger partial charge < -0.3 is 4.90 Å². The molecule has 0 bridgehead atoms. The zero-order valence-corrected chi connectivity index (χ0v) is 37.5. The van der Waals surface area contributed by atoms with Crippen LogP contribution in [0, 0.1) is 0 Å². The molecular weight excluding hydrogens is 815 g/mol. The van der Waals surface area contributed by atoms with Crippen molar-refractivity contribution in [2.24, 2.45) is 0 Å². The van der Waals surface area contributed by atoms with Gasteiger partial charge in [-0.1, -0.05) is 196 Å². The molecule has 0 N–H and O–H groups in total. The molecule has 1 nitrogen and oxygen atoms in total. The van der Waals surface area contributed by atoms with Crippen LogP contribution in [0.3, 0.4) is 0 Å². The van der Waals surface area contributed by atoms with Crippen molar-refractivity contribution in [1.82, 2.24) is 0 Å². The molecule has 10 aromatic carbocycles. The van der Waals surface area contributed by atoms with Gasteiger partial charge >= 0.3 is 0 Å². The summed E-state index contributed by atoms with van der Waals surface area (Å²) in [4.78, 5) is 2.55. The van der Waals surface area contributed by atoms with Crippen molar-refractivity contribution in [3.8, 4) is 55.6 Å². The van der Waals surface area contributed by atoms with E-state index in [-0.39, 0.29) is 5.41 Å². The van der Waals surface area contributed by atoms with Gasteiger partial charge in [0.2, 0.25) is 0 Å². The first-order valence-corrected chi connectivity index (χ1v) is 23.9. The number of hydrogen-bond donors (Lipinski definition) is 0. The molecule has 0 radical (unpaired) electrons. The van der Waals surface area contributed by atoms with Gasteiger partial charge in [0.15, 0.2) is 0 Å². The van der Waals surface area contributed by atoms with Crippen molar-refractivity contribution in [2.45, 2.75) is 24.7 Å². The highest BCUT2D eigenvalue weighted by atomic mass is 32.1. The Morgan fingerprint density at radius 1 is 0.333 bits per heavy atom. The first kappa shape index (κ1) is 37.6. The summed E-state index contributed by atoms with van der Waals surface area (Å²) in [5, 5.41) is 2.64. The topological polar surface area (TPSA) is 3.24 Å². The van der Waals surface area contributed by atoms with Gasteiger partial charge in [-0.05, 0) is 126 Å². The van der Waals surface area contributed by atoms with E-state index >= 15 is 0 Å². The molecule has 3 aliphatic carbocycles. The quantitative estimate of drug-likeness (QED) is 0.167. The molecule has 0 fully saturated rings. The Labute approximate surface area is 389 Å². The third kappa shape index (κ3) is 5.05. The molecule has 0 atom stereocenters. The number of nitrogens with zero attached hydrogens (tertiary/aromatic N) is 1. The number of hydrogen-bond acceptors (Lipinski definition) is 2. The number of anilines is 3. The molecule has 0 saturated carbocycles. The molecule has 310 valence electrons. The van der Waals surface area contributed by atoms with Crippen LogP contribution in [-0.4, -0.2) is 0 Å². The maximum Gasteiger partial charge on any atom is 0.0726 e. The van der Waals surface area contributed by atoms with E-state index in [0.29, 0.717) is 0 Å². The Hall–Kier alpha value is -7.78. The molecule has 11 aromatic rings. The fraction of sp³-hybridized carbons (Fsp3) is 0.0625. The third-order valence-corrected chi connectivity index (χ3v) is 16.3. The highest BCUT2D eigenvalue weighted by molar-refractivity contribution is 7.26. The van der Waals surface area contributed by atoms with E-state index in [4.69, 9.17) is 0 Å². The fourth-order valence-electron chi connectivity index (χ4n) is 12.2. The van der Waals surface area contributed by atoms with E-state index in [0.717, 1.165) is 17.1 Å². The van der Waals surface area contributed by atoms with Gasteiger partial charge in [0, 0.05) is 42.5 Å². The van der Waals surface area contributed by atoms with Crippen LogP contribution < -0.4 is 4.90 Å². The molecule has 0 aliphatic heterocycles. The predicted molar refractivity (Wildman–Crippen MR) is 279 cm³/mol. The molecule has 1 heterocycles. The summed E-state index contributed by atoms with van der Waals surface area (Å²) in [6, 6.07) is 84.6. The highest BCUT2D eigenvalue weighted by Crippen LogP contribution is 2.64. The number of rotatable bonds is 5. The summed E-state index contributed by atoms with van der Waals surface area (Å²) in [6.45, 7) is 4.77. The van der Waals surface area contributed by atoms with Gasteiger partial charge in [-0.3, -0.25) is 0 Å². The van der Waals surface area contributed by atoms with Gasteiger partial charge in [0.1, 0.15) is 0 Å². The van der Waals surface area contributed by atoms with Crippen molar-refractivity contribution >= 4 is 48.6 Å². The number of fused-ring (bicyclic) bond motifs is 16. The lowest BCUT2D eigenvalue weighted by molar-refractivity contribution is 0.660. The van der Waals surface area contributed by atoms with Crippen molar-refractivity contribution < 1.29 is 0 Å². The van der Waals surface area contributed by atoms with E-state index in [1.54, 1.807) is 0 Å². The molecule has 66 heavy (non-hydrogen) atoms. The lowest BCUT2D eigenvalue weighted by atomic mass is 9.70. The second-order valence-electron chi connectivity index (χ2n) is 18.7. The monoisotopic (exact) mass is 857 g/mol. The van der Waals surface area contributed by atoms with Crippen LogP contribution in [0.2, 0.25) is 0 Å². The summed E-state index contributed by atoms with van der Waals surface area (Å²) in [5.74, 6) is 0. The lowest BCUT2D eigenvalue weighted by Gasteiger charge is -2.34. The van der Waals surface area contributed by atoms with Crippen LogP contribution in [0.4, 0.5) is 17.1 Å². The first-order chi connectivity index (χ1) is 32.5. The fourth-order valence-corrected chi connectivity index (χ4v) is 13.4. The summed E-state index contributed by atoms with van der Waals surface area (Å²) in [5.41, 5.74) is 23.6. The zero-order valence-electron chi connectivity index (χ0n) is 36.7. The normalized spacial score (nSPS) is 14.2. The zero-order chi connectivity index (χ0) is 43.7. The van der Waals surface area contributed by atoms with E-state index in [2.05, 4.69) is 243 Å². The van der Waals surface area contributed by atoms with E-state index in [1.807, 2.05) is 11.3 Å². The molecule has 0 unspecified atom stereocenters. The third-order valence-electron chi connectivity index (χ3n) is 15.1. The van der Waals surface area contributed by atoms with Gasteiger partial charge in [-0.25, -0.2) is 0 Å². The minimum atomic E-state index is -0.483. The van der Waals surface area contributed by atoms with Crippen molar-refractivity contribution in [3.63, 3.8) is 0 Å². The SMILES string of the molecule is CC1(C)c2ccccc2-c2ccc(N(c3ccc(-c4cccc5c4sc4ccccc45)cc3)c3cc4c(cc3-c3ccccc3)-c3ccccc3C43c4ccccc4-c4ccccc43)cc21. The predicted octanol–water partition coefficient (Wildman–Crippen LogP) is 17.5. The number of thiophene rings is 1. The Morgan fingerprint density at radius 2 is 0.848 bits per heavy atom. The van der Waals surface area contributed by atoms with E-state index in [1.165, 1.54) is 109 Å². The molecule has 14 rings (SSSR count). The Kier molecular flexibility index (Phi) is 7.89. The molecule has 2 heteroatoms. The Morgan fingerprint density at radius 3 is 1.55 bits per heavy atom. The first-order valence-electron chi connectivity index (χ1n) is 23.1. The largest absolute Gasteiger partial charge is 0.310 e. The number of benzene rings is 10. The van der Waals surface area contributed by atoms with Crippen LogP contribution in [-0.2, 0) is 10.8 Å². The van der Waals surface area contributed by atoms with Gasteiger partial charge in [-0.2, -0.15) is 0 Å². The standard InChI is InChI=1S/C64H43NS/c1-63(2)54-26-11-6-19-45(54)49-36-35-43(37-58(49)63)65(42-33-31-41(32-34-42)44-24-16-25-51-50-23-10-15-30-61(50)66-62(44)51)60-39-59-53(38-52(60)40-17-4-3-5-18-40)48-22-9-14-29-57(48)64(59)55-27-12-7-20-46(55)47-21-8-13-28-56(47)64/h3-39H,1-2H3. The summed E-state index contributed by atoms with van der Waals surface area (Å²) >= 11 is 1.89. The van der Waals surface area contributed by atoms with E-state index in [9.17, 15) is 0 Å². The van der Waals surface area contributed by atoms with Gasteiger partial charge in [0.25, 0.3) is 0 Å². The molecule has 3 aliphatic rings. The smallest absolute Gasteiger partial charge is 0.0726 e. The maximum atomic E-state index is 2.56. The molecule has 1 aromatic heterocycles. The molecular formula is C64H43NS. The lowest BCUT2D eigenvalue weighted by Crippen LogP contribution is -2.26. The highest BCUT2D eigenvalue weighted by Gasteiger charge is 2.52. The molecule has 0 amide bonds. The average molecular weight is 858 g/mol. The molecule has 1 spiro atoms. The van der Waals surface area contributed by atoms with Crippen molar-refractivity contribution in [3.05, 3.63) is 258 Å². The summed E-state index contributed by atoms with van der Waals surface area (Å²) < 4.78 is 2.65. The maximum absolute atomic E-state index is 2.56. The minimum absolute atomic E-state index is 0.163. The van der Waals surface area contributed by atoms with Crippen molar-refractivity contribution in [2.75, 3.05) is 4.90 Å². The van der Waals surface area contributed by atoms with Gasteiger partial charge in [0.05, 0.1) is 11.1 Å². The summed E-state index contributed by atoms with van der Waals surface area (Å²) in [7, 11) is 0. The summed E-state index contributed by atoms with van der Waals surface area (Å²) in [6.07, 6.45) is 0. The second kappa shape index (κ2) is 13.9. The average Bonchev–Trinajstić information content (AvgIpc) is 4.06. The van der Waals surface area contributed by atoms with Crippen LogP contribution in [0.25, 0.3) is 75.8 Å². The Balaban J connectivity index is 1.05. The van der Waals surface area contributed by atoms with Crippen LogP contribution in [0.1, 0.15) is 47.2 Å². The molecule has 0 saturated heterocycles. The van der Waals surface area contributed by atoms with Gasteiger partial charge in [-0.15, -0.1) is 11.3 Å². The van der Waals surface area contributed by atoms with Crippen molar-refractivity contribution in [1.29, 1.82) is 0 Å². The van der Waals surface area contributed by atoms with Crippen LogP contribution in [0.15, 0.2) is 224 Å². The second-order valence-corrected chi connectivity index (χ2v) is 19.8.